The van der Waals surface area contributed by atoms with Crippen molar-refractivity contribution in [1.82, 2.24) is 4.98 Å². The number of benzene rings is 1. The minimum Gasteiger partial charge on any atom is -0.497 e. The van der Waals surface area contributed by atoms with Crippen molar-refractivity contribution in [1.29, 1.82) is 0 Å². The van der Waals surface area contributed by atoms with E-state index in [1.54, 1.807) is 20.4 Å². The van der Waals surface area contributed by atoms with Gasteiger partial charge in [0.05, 0.1) is 26.0 Å². The van der Waals surface area contributed by atoms with E-state index in [0.717, 1.165) is 11.3 Å². The highest BCUT2D eigenvalue weighted by Crippen LogP contribution is 2.33. The second-order valence-electron chi connectivity index (χ2n) is 3.62. The molecule has 18 heavy (non-hydrogen) atoms. The summed E-state index contributed by atoms with van der Waals surface area (Å²) in [6, 6.07) is 5.51. The van der Waals surface area contributed by atoms with Crippen LogP contribution in [0.1, 0.15) is 5.89 Å². The Kier molecular flexibility index (Phi) is 4.10. The summed E-state index contributed by atoms with van der Waals surface area (Å²) in [5.41, 5.74) is 0.810. The van der Waals surface area contributed by atoms with Gasteiger partial charge in [0.25, 0.3) is 0 Å². The molecule has 1 heterocycles. The average molecular weight is 268 g/mol. The minimum atomic E-state index is 0.481. The number of nitrogens with zero attached hydrogens (tertiary/aromatic N) is 1. The third-order valence-corrected chi connectivity index (χ3v) is 2.72. The monoisotopic (exact) mass is 267 g/mol. The van der Waals surface area contributed by atoms with Crippen LogP contribution in [-0.4, -0.2) is 25.1 Å². The van der Waals surface area contributed by atoms with Gasteiger partial charge in [-0.3, -0.25) is 0 Å². The van der Waals surface area contributed by atoms with E-state index >= 15 is 0 Å². The fourth-order valence-corrected chi connectivity index (χ4v) is 1.80. The minimum absolute atomic E-state index is 0.481. The molecule has 5 heteroatoms. The molecule has 0 spiro atoms. The molecule has 0 fully saturated rings. The number of aryl methyl sites for hydroxylation is 1. The highest BCUT2D eigenvalue weighted by atomic mass is 35.5. The molecule has 4 nitrogen and oxygen atoms in total. The smallest absolute Gasteiger partial charge is 0.196 e. The highest BCUT2D eigenvalue weighted by molar-refractivity contribution is 6.17. The Hall–Kier alpha value is -1.68. The Morgan fingerprint density at radius 1 is 1.28 bits per heavy atom. The summed E-state index contributed by atoms with van der Waals surface area (Å²) < 4.78 is 16.1. The Balaban J connectivity index is 2.40. The number of halogens is 1. The van der Waals surface area contributed by atoms with Gasteiger partial charge in [0.1, 0.15) is 11.5 Å². The van der Waals surface area contributed by atoms with Crippen molar-refractivity contribution in [3.8, 4) is 22.8 Å². The molecular formula is C13H14ClNO3. The first-order valence-electron chi connectivity index (χ1n) is 5.51. The molecule has 0 radical (unpaired) electrons. The molecule has 2 aromatic rings. The molecule has 0 bridgehead atoms. The summed E-state index contributed by atoms with van der Waals surface area (Å²) in [6.45, 7) is 0. The summed E-state index contributed by atoms with van der Waals surface area (Å²) in [6.07, 6.45) is 2.27. The molecule has 0 aliphatic heterocycles. The van der Waals surface area contributed by atoms with Crippen LogP contribution in [0.5, 0.6) is 11.5 Å². The van der Waals surface area contributed by atoms with Gasteiger partial charge >= 0.3 is 0 Å². The molecule has 0 saturated heterocycles. The SMILES string of the molecule is COc1ccc(OC)c(-c2cnc(CCCl)o2)c1. The van der Waals surface area contributed by atoms with Gasteiger partial charge in [-0.05, 0) is 18.2 Å². The topological polar surface area (TPSA) is 44.5 Å². The van der Waals surface area contributed by atoms with E-state index in [4.69, 9.17) is 25.5 Å². The quantitative estimate of drug-likeness (QED) is 0.781. The van der Waals surface area contributed by atoms with E-state index in [-0.39, 0.29) is 0 Å². The molecule has 0 atom stereocenters. The molecule has 1 aromatic heterocycles. The number of oxazole rings is 1. The zero-order valence-electron chi connectivity index (χ0n) is 10.3. The number of hydrogen-bond donors (Lipinski definition) is 0. The number of methoxy groups -OCH3 is 2. The van der Waals surface area contributed by atoms with E-state index < -0.39 is 0 Å². The van der Waals surface area contributed by atoms with E-state index in [1.807, 2.05) is 18.2 Å². The van der Waals surface area contributed by atoms with Crippen LogP contribution >= 0.6 is 11.6 Å². The number of ether oxygens (including phenoxy) is 2. The van der Waals surface area contributed by atoms with Crippen molar-refractivity contribution < 1.29 is 13.9 Å². The number of hydrogen-bond acceptors (Lipinski definition) is 4. The van der Waals surface area contributed by atoms with Gasteiger partial charge < -0.3 is 13.9 Å². The van der Waals surface area contributed by atoms with Crippen molar-refractivity contribution in [2.45, 2.75) is 6.42 Å². The Bertz CT molecular complexity index is 525. The van der Waals surface area contributed by atoms with E-state index in [9.17, 15) is 0 Å². The maximum absolute atomic E-state index is 5.65. The van der Waals surface area contributed by atoms with Crippen LogP contribution in [0.15, 0.2) is 28.8 Å². The Labute approximate surface area is 110 Å². The predicted octanol–water partition coefficient (Wildman–Crippen LogP) is 3.14. The molecule has 1 aromatic carbocycles. The molecule has 96 valence electrons. The van der Waals surface area contributed by atoms with Crippen LogP contribution in [0, 0.1) is 0 Å². The first-order valence-corrected chi connectivity index (χ1v) is 6.05. The van der Waals surface area contributed by atoms with Crippen LogP contribution in [0.4, 0.5) is 0 Å². The van der Waals surface area contributed by atoms with Crippen molar-refractivity contribution in [2.75, 3.05) is 20.1 Å². The summed E-state index contributed by atoms with van der Waals surface area (Å²) >= 11 is 5.65. The third kappa shape index (κ3) is 2.59. The van der Waals surface area contributed by atoms with Crippen molar-refractivity contribution in [2.24, 2.45) is 0 Å². The number of alkyl halides is 1. The van der Waals surface area contributed by atoms with Gasteiger partial charge in [0, 0.05) is 12.3 Å². The van der Waals surface area contributed by atoms with Gasteiger partial charge in [0.2, 0.25) is 0 Å². The molecule has 0 aliphatic rings. The molecule has 0 amide bonds. The Morgan fingerprint density at radius 2 is 2.11 bits per heavy atom. The lowest BCUT2D eigenvalue weighted by atomic mass is 10.1. The van der Waals surface area contributed by atoms with Crippen LogP contribution < -0.4 is 9.47 Å². The third-order valence-electron chi connectivity index (χ3n) is 2.53. The van der Waals surface area contributed by atoms with Gasteiger partial charge in [0.15, 0.2) is 11.7 Å². The van der Waals surface area contributed by atoms with Crippen LogP contribution in [0.3, 0.4) is 0 Å². The summed E-state index contributed by atoms with van der Waals surface area (Å²) in [5.74, 6) is 3.19. The number of rotatable bonds is 5. The lowest BCUT2D eigenvalue weighted by Gasteiger charge is -2.07. The van der Waals surface area contributed by atoms with E-state index in [0.29, 0.717) is 29.7 Å². The normalized spacial score (nSPS) is 10.4. The van der Waals surface area contributed by atoms with E-state index in [1.165, 1.54) is 0 Å². The van der Waals surface area contributed by atoms with Gasteiger partial charge in [-0.2, -0.15) is 0 Å². The van der Waals surface area contributed by atoms with Gasteiger partial charge in [-0.25, -0.2) is 4.98 Å². The van der Waals surface area contributed by atoms with Crippen molar-refractivity contribution >= 4 is 11.6 Å². The van der Waals surface area contributed by atoms with Crippen molar-refractivity contribution in [3.63, 3.8) is 0 Å². The van der Waals surface area contributed by atoms with Crippen LogP contribution in [0.25, 0.3) is 11.3 Å². The molecule has 0 N–H and O–H groups in total. The highest BCUT2D eigenvalue weighted by Gasteiger charge is 2.12. The predicted molar refractivity (Wildman–Crippen MR) is 69.5 cm³/mol. The number of aromatic nitrogens is 1. The molecule has 0 aliphatic carbocycles. The first-order chi connectivity index (χ1) is 8.78. The summed E-state index contributed by atoms with van der Waals surface area (Å²) in [5, 5.41) is 0. The standard InChI is InChI=1S/C13H14ClNO3/c1-16-9-3-4-11(17-2)10(7-9)12-8-15-13(18-12)5-6-14/h3-4,7-8H,5-6H2,1-2H3. The zero-order valence-corrected chi connectivity index (χ0v) is 11.0. The fraction of sp³-hybridized carbons (Fsp3) is 0.308. The van der Waals surface area contributed by atoms with Crippen molar-refractivity contribution in [3.05, 3.63) is 30.3 Å². The second-order valence-corrected chi connectivity index (χ2v) is 4.00. The van der Waals surface area contributed by atoms with E-state index in [2.05, 4.69) is 4.98 Å². The second kappa shape index (κ2) is 5.78. The molecule has 0 saturated carbocycles. The largest absolute Gasteiger partial charge is 0.497 e. The first kappa shape index (κ1) is 12.8. The van der Waals surface area contributed by atoms with Crippen LogP contribution in [0.2, 0.25) is 0 Å². The molecule has 0 unspecified atom stereocenters. The lowest BCUT2D eigenvalue weighted by Crippen LogP contribution is -1.89. The van der Waals surface area contributed by atoms with Gasteiger partial charge in [-0.1, -0.05) is 0 Å². The zero-order chi connectivity index (χ0) is 13.0. The maximum atomic E-state index is 5.65. The molecule has 2 rings (SSSR count). The fourth-order valence-electron chi connectivity index (χ4n) is 1.64. The molecular weight excluding hydrogens is 254 g/mol. The lowest BCUT2D eigenvalue weighted by molar-refractivity contribution is 0.402. The average Bonchev–Trinajstić information content (AvgIpc) is 2.87. The van der Waals surface area contributed by atoms with Gasteiger partial charge in [-0.15, -0.1) is 11.6 Å². The summed E-state index contributed by atoms with van der Waals surface area (Å²) in [4.78, 5) is 4.17. The maximum Gasteiger partial charge on any atom is 0.196 e. The summed E-state index contributed by atoms with van der Waals surface area (Å²) in [7, 11) is 3.23. The Morgan fingerprint density at radius 3 is 2.78 bits per heavy atom. The van der Waals surface area contributed by atoms with Crippen LogP contribution in [-0.2, 0) is 6.42 Å².